The molecular weight excluding hydrogens is 178 g/mol. The second-order valence-electron chi connectivity index (χ2n) is 3.20. The molecule has 0 fully saturated rings. The lowest BCUT2D eigenvalue weighted by Gasteiger charge is -2.17. The van der Waals surface area contributed by atoms with Gasteiger partial charge in [0.2, 0.25) is 5.91 Å². The van der Waals surface area contributed by atoms with Crippen LogP contribution in [0.1, 0.15) is 39.2 Å². The van der Waals surface area contributed by atoms with Crippen LogP contribution in [-0.4, -0.2) is 15.5 Å². The van der Waals surface area contributed by atoms with Gasteiger partial charge in [0.1, 0.15) is 12.0 Å². The summed E-state index contributed by atoms with van der Waals surface area (Å²) in [6, 6.07) is 0. The highest BCUT2D eigenvalue weighted by Crippen LogP contribution is 2.06. The molecule has 0 radical (unpaired) electrons. The Labute approximate surface area is 84.3 Å². The van der Waals surface area contributed by atoms with Crippen molar-refractivity contribution in [3.63, 3.8) is 0 Å². The molecule has 0 spiro atoms. The first-order valence-electron chi connectivity index (χ1n) is 5.00. The number of nitrogens with zero attached hydrogens (tertiary/aromatic N) is 2. The third-order valence-corrected chi connectivity index (χ3v) is 2.17. The molecule has 1 N–H and O–H groups in total. The molecule has 78 valence electrons. The van der Waals surface area contributed by atoms with Crippen molar-refractivity contribution in [3.8, 4) is 0 Å². The van der Waals surface area contributed by atoms with E-state index in [0.29, 0.717) is 6.42 Å². The standard InChI is InChI=1S/C10H17N3O/c1-4-9-11-6-7-13(9)8(3)12-10(14)5-2/h6-8H,4-5H2,1-3H3,(H,12,14). The summed E-state index contributed by atoms with van der Waals surface area (Å²) in [6.45, 7) is 5.85. The number of carbonyl (C=O) groups is 1. The molecule has 1 atom stereocenters. The van der Waals surface area contributed by atoms with Crippen LogP contribution in [0.4, 0.5) is 0 Å². The van der Waals surface area contributed by atoms with Crippen molar-refractivity contribution in [1.29, 1.82) is 0 Å². The third-order valence-electron chi connectivity index (χ3n) is 2.17. The first-order chi connectivity index (χ1) is 6.69. The van der Waals surface area contributed by atoms with Gasteiger partial charge in [0.15, 0.2) is 0 Å². The zero-order valence-corrected chi connectivity index (χ0v) is 8.95. The van der Waals surface area contributed by atoms with Crippen molar-refractivity contribution in [2.24, 2.45) is 0 Å². The first kappa shape index (κ1) is 10.8. The number of amides is 1. The van der Waals surface area contributed by atoms with Crippen LogP contribution in [0.2, 0.25) is 0 Å². The Hall–Kier alpha value is -1.32. The van der Waals surface area contributed by atoms with E-state index in [9.17, 15) is 4.79 Å². The van der Waals surface area contributed by atoms with Gasteiger partial charge in [-0.3, -0.25) is 4.79 Å². The van der Waals surface area contributed by atoms with E-state index in [1.165, 1.54) is 0 Å². The molecule has 0 saturated heterocycles. The molecule has 1 aromatic rings. The Balaban J connectivity index is 2.68. The summed E-state index contributed by atoms with van der Waals surface area (Å²) in [5.74, 6) is 1.06. The number of aromatic nitrogens is 2. The van der Waals surface area contributed by atoms with Crippen LogP contribution < -0.4 is 5.32 Å². The first-order valence-corrected chi connectivity index (χ1v) is 5.00. The summed E-state index contributed by atoms with van der Waals surface area (Å²) in [5.41, 5.74) is 0. The molecule has 0 aliphatic carbocycles. The van der Waals surface area contributed by atoms with Crippen molar-refractivity contribution in [1.82, 2.24) is 14.9 Å². The van der Waals surface area contributed by atoms with E-state index in [2.05, 4.69) is 10.3 Å². The number of rotatable bonds is 4. The Bertz CT molecular complexity index is 306. The summed E-state index contributed by atoms with van der Waals surface area (Å²) >= 11 is 0. The van der Waals surface area contributed by atoms with E-state index in [-0.39, 0.29) is 12.1 Å². The molecule has 1 amide bonds. The molecule has 0 saturated carbocycles. The van der Waals surface area contributed by atoms with E-state index in [1.807, 2.05) is 31.5 Å². The number of hydrogen-bond donors (Lipinski definition) is 1. The maximum Gasteiger partial charge on any atom is 0.221 e. The zero-order valence-electron chi connectivity index (χ0n) is 8.95. The van der Waals surface area contributed by atoms with Crippen LogP contribution in [0, 0.1) is 0 Å². The third kappa shape index (κ3) is 2.34. The molecular formula is C10H17N3O. The second-order valence-corrected chi connectivity index (χ2v) is 3.20. The predicted molar refractivity (Wildman–Crippen MR) is 54.7 cm³/mol. The van der Waals surface area contributed by atoms with E-state index in [1.54, 1.807) is 6.20 Å². The lowest BCUT2D eigenvalue weighted by Crippen LogP contribution is -2.30. The van der Waals surface area contributed by atoms with Crippen molar-refractivity contribution in [2.75, 3.05) is 0 Å². The Morgan fingerprint density at radius 1 is 1.64 bits per heavy atom. The van der Waals surface area contributed by atoms with Gasteiger partial charge < -0.3 is 9.88 Å². The van der Waals surface area contributed by atoms with E-state index in [4.69, 9.17) is 0 Å². The molecule has 4 nitrogen and oxygen atoms in total. The molecule has 1 heterocycles. The minimum absolute atomic E-state index is 0.0140. The Kier molecular flexibility index (Phi) is 3.68. The molecule has 0 bridgehead atoms. The van der Waals surface area contributed by atoms with Gasteiger partial charge in [0, 0.05) is 25.2 Å². The lowest BCUT2D eigenvalue weighted by molar-refractivity contribution is -0.121. The van der Waals surface area contributed by atoms with Crippen LogP contribution in [0.5, 0.6) is 0 Å². The maximum atomic E-state index is 11.2. The molecule has 1 unspecified atom stereocenters. The maximum absolute atomic E-state index is 11.2. The Morgan fingerprint density at radius 2 is 2.36 bits per heavy atom. The fourth-order valence-electron chi connectivity index (χ4n) is 1.37. The average molecular weight is 195 g/mol. The van der Waals surface area contributed by atoms with Crippen molar-refractivity contribution < 1.29 is 4.79 Å². The predicted octanol–water partition coefficient (Wildman–Crippen LogP) is 1.49. The highest BCUT2D eigenvalue weighted by Gasteiger charge is 2.09. The second kappa shape index (κ2) is 4.79. The fraction of sp³-hybridized carbons (Fsp3) is 0.600. The van der Waals surface area contributed by atoms with E-state index < -0.39 is 0 Å². The van der Waals surface area contributed by atoms with Crippen LogP contribution in [0.25, 0.3) is 0 Å². The van der Waals surface area contributed by atoms with Crippen LogP contribution in [0.3, 0.4) is 0 Å². The quantitative estimate of drug-likeness (QED) is 0.791. The molecule has 4 heteroatoms. The summed E-state index contributed by atoms with van der Waals surface area (Å²) in [6.07, 6.45) is 5.02. The number of carbonyl (C=O) groups excluding carboxylic acids is 1. The van der Waals surface area contributed by atoms with Gasteiger partial charge in [-0.15, -0.1) is 0 Å². The summed E-state index contributed by atoms with van der Waals surface area (Å²) in [5, 5.41) is 2.89. The molecule has 0 aliphatic heterocycles. The van der Waals surface area contributed by atoms with Crippen molar-refractivity contribution >= 4 is 5.91 Å². The molecule has 0 aliphatic rings. The zero-order chi connectivity index (χ0) is 10.6. The van der Waals surface area contributed by atoms with Gasteiger partial charge in [-0.05, 0) is 6.92 Å². The van der Waals surface area contributed by atoms with Gasteiger partial charge >= 0.3 is 0 Å². The average Bonchev–Trinajstić information content (AvgIpc) is 2.65. The van der Waals surface area contributed by atoms with Crippen LogP contribution in [-0.2, 0) is 11.2 Å². The van der Waals surface area contributed by atoms with Crippen molar-refractivity contribution in [2.45, 2.75) is 39.8 Å². The molecule has 14 heavy (non-hydrogen) atoms. The number of hydrogen-bond acceptors (Lipinski definition) is 2. The van der Waals surface area contributed by atoms with Gasteiger partial charge in [-0.25, -0.2) is 4.98 Å². The van der Waals surface area contributed by atoms with Gasteiger partial charge in [-0.2, -0.15) is 0 Å². The lowest BCUT2D eigenvalue weighted by atomic mass is 10.4. The minimum Gasteiger partial charge on any atom is -0.336 e. The van der Waals surface area contributed by atoms with Crippen molar-refractivity contribution in [3.05, 3.63) is 18.2 Å². The normalized spacial score (nSPS) is 12.5. The van der Waals surface area contributed by atoms with Gasteiger partial charge in [0.05, 0.1) is 0 Å². The number of nitrogens with one attached hydrogen (secondary N) is 1. The molecule has 0 aromatic carbocycles. The minimum atomic E-state index is -0.0140. The summed E-state index contributed by atoms with van der Waals surface area (Å²) in [7, 11) is 0. The van der Waals surface area contributed by atoms with Crippen LogP contribution >= 0.6 is 0 Å². The highest BCUT2D eigenvalue weighted by molar-refractivity contribution is 5.75. The monoisotopic (exact) mass is 195 g/mol. The van der Waals surface area contributed by atoms with E-state index >= 15 is 0 Å². The molecule has 1 aromatic heterocycles. The summed E-state index contributed by atoms with van der Waals surface area (Å²) < 4.78 is 1.98. The number of imidazole rings is 1. The summed E-state index contributed by atoms with van der Waals surface area (Å²) in [4.78, 5) is 15.4. The molecule has 1 rings (SSSR count). The van der Waals surface area contributed by atoms with Gasteiger partial charge in [-0.1, -0.05) is 13.8 Å². The van der Waals surface area contributed by atoms with Gasteiger partial charge in [0.25, 0.3) is 0 Å². The number of aryl methyl sites for hydroxylation is 1. The topological polar surface area (TPSA) is 46.9 Å². The van der Waals surface area contributed by atoms with E-state index in [0.717, 1.165) is 12.2 Å². The highest BCUT2D eigenvalue weighted by atomic mass is 16.1. The SMILES string of the molecule is CCC(=O)NC(C)n1ccnc1CC. The smallest absolute Gasteiger partial charge is 0.221 e. The fourth-order valence-corrected chi connectivity index (χ4v) is 1.37. The van der Waals surface area contributed by atoms with Crippen LogP contribution in [0.15, 0.2) is 12.4 Å². The Morgan fingerprint density at radius 3 is 2.93 bits per heavy atom. The largest absolute Gasteiger partial charge is 0.336 e.